The molecule has 0 bridgehead atoms. The van der Waals surface area contributed by atoms with Gasteiger partial charge in [-0.2, -0.15) is 0 Å². The summed E-state index contributed by atoms with van der Waals surface area (Å²) in [5.74, 6) is 1.000. The number of piperidine rings is 1. The van der Waals surface area contributed by atoms with E-state index in [1.165, 1.54) is 18.2 Å². The van der Waals surface area contributed by atoms with E-state index in [-0.39, 0.29) is 0 Å². The highest BCUT2D eigenvalue weighted by molar-refractivity contribution is 8.11. The Bertz CT molecular complexity index is 413. The lowest BCUT2D eigenvalue weighted by Crippen LogP contribution is -2.62. The van der Waals surface area contributed by atoms with Gasteiger partial charge in [-0.3, -0.25) is 4.90 Å². The van der Waals surface area contributed by atoms with Gasteiger partial charge in [-0.05, 0) is 30.2 Å². The van der Waals surface area contributed by atoms with Crippen LogP contribution in [-0.2, 0) is 9.84 Å². The van der Waals surface area contributed by atoms with Crippen LogP contribution in [0.5, 0.6) is 0 Å². The monoisotopic (exact) mass is 277 g/mol. The standard InChI is InChI=1S/C10H19N3O2S2/c1-8-4-9(2)6-13(5-8)10(17(3,14)15)11-7-16-12-10/h7-9,12H,4-6H2,1-3H3. The number of hydrogen-bond acceptors (Lipinski definition) is 6. The minimum Gasteiger partial charge on any atom is -0.252 e. The third-order valence-electron chi connectivity index (χ3n) is 3.29. The third kappa shape index (κ3) is 2.38. The zero-order chi connectivity index (χ0) is 12.7. The van der Waals surface area contributed by atoms with Gasteiger partial charge in [0.05, 0.1) is 5.55 Å². The van der Waals surface area contributed by atoms with Gasteiger partial charge >= 0.3 is 0 Å². The molecule has 0 radical (unpaired) electrons. The van der Waals surface area contributed by atoms with E-state index >= 15 is 0 Å². The molecule has 7 heteroatoms. The molecule has 98 valence electrons. The van der Waals surface area contributed by atoms with Crippen molar-refractivity contribution in [2.24, 2.45) is 16.8 Å². The second kappa shape index (κ2) is 4.53. The van der Waals surface area contributed by atoms with Crippen LogP contribution in [0.4, 0.5) is 0 Å². The minimum atomic E-state index is -3.31. The first-order valence-corrected chi connectivity index (χ1v) is 8.53. The molecule has 2 heterocycles. The highest BCUT2D eigenvalue weighted by Gasteiger charge is 2.50. The van der Waals surface area contributed by atoms with Gasteiger partial charge in [-0.15, -0.1) is 0 Å². The van der Waals surface area contributed by atoms with Crippen LogP contribution in [-0.4, -0.2) is 43.3 Å². The van der Waals surface area contributed by atoms with Crippen LogP contribution in [0.15, 0.2) is 4.99 Å². The summed E-state index contributed by atoms with van der Waals surface area (Å²) in [5.41, 5.74) is 1.57. The van der Waals surface area contributed by atoms with Gasteiger partial charge in [0.1, 0.15) is 0 Å². The Kier molecular flexibility index (Phi) is 3.55. The molecule has 5 nitrogen and oxygen atoms in total. The van der Waals surface area contributed by atoms with Gasteiger partial charge in [-0.25, -0.2) is 18.1 Å². The smallest absolute Gasteiger partial charge is 0.252 e. The summed E-state index contributed by atoms with van der Waals surface area (Å²) in [5, 5.41) is -1.25. The highest BCUT2D eigenvalue weighted by Crippen LogP contribution is 2.33. The number of aliphatic imine (C=N–C) groups is 1. The Morgan fingerprint density at radius 2 is 2.00 bits per heavy atom. The molecule has 1 fully saturated rings. The summed E-state index contributed by atoms with van der Waals surface area (Å²) < 4.78 is 27.0. The molecule has 0 aromatic heterocycles. The molecule has 0 saturated carbocycles. The number of sulfone groups is 1. The number of hydrogen-bond donors (Lipinski definition) is 1. The van der Waals surface area contributed by atoms with E-state index < -0.39 is 15.0 Å². The van der Waals surface area contributed by atoms with E-state index in [1.807, 2.05) is 4.90 Å². The third-order valence-corrected chi connectivity index (χ3v) is 5.53. The van der Waals surface area contributed by atoms with Crippen molar-refractivity contribution in [3.8, 4) is 0 Å². The molecule has 17 heavy (non-hydrogen) atoms. The largest absolute Gasteiger partial charge is 0.281 e. The van der Waals surface area contributed by atoms with Crippen LogP contribution >= 0.6 is 11.9 Å². The SMILES string of the molecule is CC1CC(C)CN(C2(S(C)(=O)=O)N=CSN2)C1. The second-order valence-corrected chi connectivity index (χ2v) is 7.95. The Balaban J connectivity index is 2.32. The Morgan fingerprint density at radius 3 is 2.41 bits per heavy atom. The van der Waals surface area contributed by atoms with E-state index in [9.17, 15) is 8.42 Å². The zero-order valence-electron chi connectivity index (χ0n) is 10.4. The summed E-state index contributed by atoms with van der Waals surface area (Å²) >= 11 is 1.24. The molecule has 2 rings (SSSR count). The second-order valence-electron chi connectivity index (χ2n) is 5.19. The predicted molar refractivity (Wildman–Crippen MR) is 71.3 cm³/mol. The van der Waals surface area contributed by atoms with Crippen LogP contribution < -0.4 is 4.72 Å². The van der Waals surface area contributed by atoms with Gasteiger partial charge in [0.25, 0.3) is 5.12 Å². The van der Waals surface area contributed by atoms with E-state index in [4.69, 9.17) is 0 Å². The van der Waals surface area contributed by atoms with Crippen molar-refractivity contribution in [3.63, 3.8) is 0 Å². The first kappa shape index (κ1) is 13.3. The number of nitrogens with one attached hydrogen (secondary N) is 1. The predicted octanol–water partition coefficient (Wildman–Crippen LogP) is 0.900. The van der Waals surface area contributed by atoms with Crippen molar-refractivity contribution >= 4 is 27.3 Å². The van der Waals surface area contributed by atoms with Gasteiger partial charge in [0, 0.05) is 19.3 Å². The maximum absolute atomic E-state index is 12.0. The van der Waals surface area contributed by atoms with Crippen LogP contribution in [0.1, 0.15) is 20.3 Å². The Labute approximate surface area is 107 Å². The van der Waals surface area contributed by atoms with Crippen LogP contribution in [0, 0.1) is 11.8 Å². The molecule has 0 aliphatic carbocycles. The van der Waals surface area contributed by atoms with Crippen molar-refractivity contribution in [1.82, 2.24) is 9.62 Å². The van der Waals surface area contributed by atoms with E-state index in [0.717, 1.165) is 19.5 Å². The first-order valence-electron chi connectivity index (χ1n) is 5.76. The van der Waals surface area contributed by atoms with E-state index in [1.54, 1.807) is 5.55 Å². The maximum atomic E-state index is 12.0. The Hall–Kier alpha value is -0.110. The van der Waals surface area contributed by atoms with Crippen LogP contribution in [0.3, 0.4) is 0 Å². The fraction of sp³-hybridized carbons (Fsp3) is 0.900. The zero-order valence-corrected chi connectivity index (χ0v) is 12.0. The van der Waals surface area contributed by atoms with Crippen molar-refractivity contribution < 1.29 is 8.42 Å². The molecular formula is C10H19N3O2S2. The summed E-state index contributed by atoms with van der Waals surface area (Å²) in [4.78, 5) is 6.15. The van der Waals surface area contributed by atoms with Crippen molar-refractivity contribution in [2.45, 2.75) is 25.4 Å². The van der Waals surface area contributed by atoms with Gasteiger partial charge in [-0.1, -0.05) is 13.8 Å². The number of likely N-dealkylation sites (tertiary alicyclic amines) is 1. The molecule has 0 aromatic rings. The molecule has 2 aliphatic heterocycles. The normalized spacial score (nSPS) is 39.7. The lowest BCUT2D eigenvalue weighted by molar-refractivity contribution is 0.0732. The van der Waals surface area contributed by atoms with Crippen LogP contribution in [0.2, 0.25) is 0 Å². The summed E-state index contributed by atoms with van der Waals surface area (Å²) in [7, 11) is -3.31. The number of rotatable bonds is 2. The van der Waals surface area contributed by atoms with E-state index in [2.05, 4.69) is 23.6 Å². The molecule has 2 aliphatic rings. The molecule has 0 amide bonds. The molecule has 3 unspecified atom stereocenters. The molecule has 1 N–H and O–H groups in total. The van der Waals surface area contributed by atoms with Crippen molar-refractivity contribution in [1.29, 1.82) is 0 Å². The fourth-order valence-electron chi connectivity index (χ4n) is 2.69. The average Bonchev–Trinajstić information content (AvgIpc) is 2.64. The maximum Gasteiger partial charge on any atom is 0.281 e. The summed E-state index contributed by atoms with van der Waals surface area (Å²) in [6.45, 7) is 5.85. The molecular weight excluding hydrogens is 258 g/mol. The number of nitrogens with zero attached hydrogens (tertiary/aromatic N) is 2. The van der Waals surface area contributed by atoms with E-state index in [0.29, 0.717) is 11.8 Å². The lowest BCUT2D eigenvalue weighted by Gasteiger charge is -2.43. The summed E-state index contributed by atoms with van der Waals surface area (Å²) in [6.07, 6.45) is 2.39. The topological polar surface area (TPSA) is 61.8 Å². The van der Waals surface area contributed by atoms with Gasteiger partial charge < -0.3 is 0 Å². The van der Waals surface area contributed by atoms with Crippen molar-refractivity contribution in [2.75, 3.05) is 19.3 Å². The molecule has 0 aromatic carbocycles. The first-order chi connectivity index (χ1) is 7.85. The molecule has 0 spiro atoms. The molecule has 3 atom stereocenters. The lowest BCUT2D eigenvalue weighted by atomic mass is 9.92. The minimum absolute atomic E-state index is 0.500. The van der Waals surface area contributed by atoms with Gasteiger partial charge in [0.15, 0.2) is 0 Å². The Morgan fingerprint density at radius 1 is 1.41 bits per heavy atom. The quantitative estimate of drug-likeness (QED) is 0.760. The van der Waals surface area contributed by atoms with Crippen molar-refractivity contribution in [3.05, 3.63) is 0 Å². The highest BCUT2D eigenvalue weighted by atomic mass is 32.2. The van der Waals surface area contributed by atoms with Gasteiger partial charge in [0.2, 0.25) is 9.84 Å². The fourth-order valence-corrected chi connectivity index (χ4v) is 4.96. The molecule has 1 saturated heterocycles. The average molecular weight is 277 g/mol. The van der Waals surface area contributed by atoms with Crippen LogP contribution in [0.25, 0.3) is 0 Å². The summed E-state index contributed by atoms with van der Waals surface area (Å²) in [6, 6.07) is 0.